The predicted molar refractivity (Wildman–Crippen MR) is 542 cm³/mol. The van der Waals surface area contributed by atoms with E-state index in [1.165, 1.54) is 169 Å². The lowest BCUT2D eigenvalue weighted by molar-refractivity contribution is 1.33. The summed E-state index contributed by atoms with van der Waals surface area (Å²) >= 11 is 0. The molecule has 27 aromatic rings. The van der Waals surface area contributed by atoms with Crippen molar-refractivity contribution in [1.82, 2.24) is 29.9 Å². The monoisotopic (exact) mass is 1620 g/mol. The average molecular weight is 1620 g/mol. The number of nitrogens with zero attached hydrogens (tertiary/aromatic N) is 6. The molecular weight excluding hydrogens is 1550 g/mol. The maximum Gasteiger partial charge on any atom is 0.0794 e. The molecule has 0 radical (unpaired) electrons. The van der Waals surface area contributed by atoms with Crippen LogP contribution in [0.5, 0.6) is 0 Å². The minimum Gasteiger partial charge on any atom is -0.265 e. The highest BCUT2D eigenvalue weighted by atomic mass is 14.7. The van der Waals surface area contributed by atoms with E-state index in [9.17, 15) is 0 Å². The minimum absolute atomic E-state index is 1.02. The molecule has 0 unspecified atom stereocenters. The summed E-state index contributed by atoms with van der Waals surface area (Å²) in [6.07, 6.45) is 5.56. The van der Waals surface area contributed by atoms with Gasteiger partial charge in [0, 0.05) is 138 Å². The van der Waals surface area contributed by atoms with Gasteiger partial charge in [0.1, 0.15) is 0 Å². The zero-order valence-corrected chi connectivity index (χ0v) is 69.4. The Morgan fingerprint density at radius 3 is 0.625 bits per heavy atom. The zero-order chi connectivity index (χ0) is 84.3. The number of hydrogen-bond donors (Lipinski definition) is 0. The molecular formula is C122H74N6. The van der Waals surface area contributed by atoms with Crippen molar-refractivity contribution in [3.8, 4) is 77.9 Å². The molecule has 0 bridgehead atoms. The van der Waals surface area contributed by atoms with Gasteiger partial charge in [-0.3, -0.25) is 9.97 Å². The summed E-state index contributed by atoms with van der Waals surface area (Å²) in [6, 6.07) is 155. The molecule has 6 aromatic heterocycles. The molecule has 21 aromatic carbocycles. The predicted octanol–water partition coefficient (Wildman–Crippen LogP) is 32.7. The van der Waals surface area contributed by atoms with Crippen LogP contribution in [-0.4, -0.2) is 29.9 Å². The summed E-state index contributed by atoms with van der Waals surface area (Å²) < 4.78 is 0. The number of para-hydroxylation sites is 1. The molecule has 0 saturated carbocycles. The van der Waals surface area contributed by atoms with Gasteiger partial charge >= 0.3 is 0 Å². The van der Waals surface area contributed by atoms with E-state index in [4.69, 9.17) is 24.9 Å². The van der Waals surface area contributed by atoms with Gasteiger partial charge in [-0.25, -0.2) is 19.9 Å². The van der Waals surface area contributed by atoms with Crippen LogP contribution in [0.4, 0.5) is 0 Å². The van der Waals surface area contributed by atoms with Gasteiger partial charge in [0.05, 0.1) is 49.7 Å². The van der Waals surface area contributed by atoms with Crippen LogP contribution < -0.4 is 0 Å². The Kier molecular flexibility index (Phi) is 17.5. The minimum atomic E-state index is 1.02. The standard InChI is InChI=1S/C54H32N2.C36H22N2.C32H20N2/c1-5-19-41-33(11-1)23-27-45-49(46-28-24-34-12-2-6-20-42(34)52(46)55-51(41)45)39-17-9-15-37(31-39)38-16-10-18-40(32-38)50-47-29-25-35-13-3-7-21-43(35)53(47)56-54-44-22-8-4-14-36(44)26-30-48(50)54;1-3-14-28-23(8-1)17-19-31-33(32-20-18-24-9-2-4-15-29(24)36(32)38-35(28)31)27-12-5-11-26(22-27)30-16-6-10-25-13-7-21-37-34(25)30;1-3-10-26-22(6-1)12-14-28-30(25-9-5-8-24(20-25)21-16-18-33-19-17-21)29-15-13-23-7-2-4-11-27(23)32(29)34-31(26)28/h1-32H;1-22H;1-20H. The Bertz CT molecular complexity index is 8680. The van der Waals surface area contributed by atoms with Gasteiger partial charge in [0.2, 0.25) is 0 Å². The Morgan fingerprint density at radius 2 is 0.344 bits per heavy atom. The van der Waals surface area contributed by atoms with Crippen molar-refractivity contribution in [3.05, 3.63) is 449 Å². The number of hydrogen-bond acceptors (Lipinski definition) is 6. The summed E-state index contributed by atoms with van der Waals surface area (Å²) in [6.45, 7) is 0. The van der Waals surface area contributed by atoms with Gasteiger partial charge < -0.3 is 0 Å². The van der Waals surface area contributed by atoms with Crippen LogP contribution in [0.25, 0.3) is 262 Å². The van der Waals surface area contributed by atoms with E-state index in [2.05, 4.69) is 430 Å². The molecule has 6 heteroatoms. The molecule has 592 valence electrons. The van der Waals surface area contributed by atoms with Gasteiger partial charge in [0.25, 0.3) is 0 Å². The lowest BCUT2D eigenvalue weighted by Gasteiger charge is -2.16. The number of benzene rings is 21. The Balaban J connectivity index is 0.000000109. The maximum atomic E-state index is 5.43. The van der Waals surface area contributed by atoms with Crippen molar-refractivity contribution < 1.29 is 0 Å². The lowest BCUT2D eigenvalue weighted by atomic mass is 9.89. The van der Waals surface area contributed by atoms with Crippen LogP contribution in [0.1, 0.15) is 0 Å². The third kappa shape index (κ3) is 12.4. The second-order valence-electron chi connectivity index (χ2n) is 33.3. The largest absolute Gasteiger partial charge is 0.265 e. The highest BCUT2D eigenvalue weighted by Crippen LogP contribution is 2.48. The first-order chi connectivity index (χ1) is 63.5. The summed E-state index contributed by atoms with van der Waals surface area (Å²) in [5.41, 5.74) is 25.9. The van der Waals surface area contributed by atoms with Crippen LogP contribution >= 0.6 is 0 Å². The van der Waals surface area contributed by atoms with Gasteiger partial charge in [-0.2, -0.15) is 0 Å². The van der Waals surface area contributed by atoms with E-state index in [1.807, 2.05) is 24.7 Å². The first kappa shape index (κ1) is 73.6. The molecule has 0 amide bonds. The third-order valence-corrected chi connectivity index (χ3v) is 26.1. The van der Waals surface area contributed by atoms with Crippen molar-refractivity contribution in [2.24, 2.45) is 0 Å². The van der Waals surface area contributed by atoms with Crippen molar-refractivity contribution in [2.75, 3.05) is 0 Å². The van der Waals surface area contributed by atoms with Crippen LogP contribution in [-0.2, 0) is 0 Å². The summed E-state index contributed by atoms with van der Waals surface area (Å²) in [5, 5.41) is 29.5. The zero-order valence-electron chi connectivity index (χ0n) is 69.4. The summed E-state index contributed by atoms with van der Waals surface area (Å²) in [4.78, 5) is 30.4. The average Bonchev–Trinajstić information content (AvgIpc) is 0.742. The Morgan fingerprint density at radius 1 is 0.125 bits per heavy atom. The van der Waals surface area contributed by atoms with Crippen LogP contribution in [0.3, 0.4) is 0 Å². The second-order valence-corrected chi connectivity index (χ2v) is 33.3. The van der Waals surface area contributed by atoms with Crippen LogP contribution in [0.2, 0.25) is 0 Å². The smallest absolute Gasteiger partial charge is 0.0794 e. The molecule has 0 aliphatic carbocycles. The van der Waals surface area contributed by atoms with Crippen molar-refractivity contribution in [3.63, 3.8) is 0 Å². The number of aromatic nitrogens is 6. The van der Waals surface area contributed by atoms with Crippen molar-refractivity contribution >= 4 is 184 Å². The number of rotatable bonds is 7. The van der Waals surface area contributed by atoms with E-state index in [1.54, 1.807) is 0 Å². The fourth-order valence-electron chi connectivity index (χ4n) is 20.2. The molecule has 128 heavy (non-hydrogen) atoms. The van der Waals surface area contributed by atoms with E-state index < -0.39 is 0 Å². The van der Waals surface area contributed by atoms with Gasteiger partial charge in [-0.1, -0.05) is 388 Å². The molecule has 0 N–H and O–H groups in total. The molecule has 0 spiro atoms. The van der Waals surface area contributed by atoms with Gasteiger partial charge in [-0.05, 0) is 136 Å². The quantitative estimate of drug-likeness (QED) is 0.117. The molecule has 0 aliphatic heterocycles. The van der Waals surface area contributed by atoms with E-state index in [-0.39, 0.29) is 0 Å². The van der Waals surface area contributed by atoms with Crippen molar-refractivity contribution in [1.29, 1.82) is 0 Å². The summed E-state index contributed by atoms with van der Waals surface area (Å²) in [5.74, 6) is 0. The molecule has 0 atom stereocenters. The van der Waals surface area contributed by atoms with Crippen molar-refractivity contribution in [2.45, 2.75) is 0 Å². The molecule has 27 rings (SSSR count). The molecule has 0 saturated heterocycles. The first-order valence-corrected chi connectivity index (χ1v) is 43.7. The normalized spacial score (nSPS) is 11.8. The van der Waals surface area contributed by atoms with E-state index in [0.29, 0.717) is 0 Å². The highest BCUT2D eigenvalue weighted by molar-refractivity contribution is 6.27. The Labute approximate surface area is 736 Å². The molecule has 0 fully saturated rings. The van der Waals surface area contributed by atoms with Crippen LogP contribution in [0.15, 0.2) is 449 Å². The van der Waals surface area contributed by atoms with E-state index >= 15 is 0 Å². The van der Waals surface area contributed by atoms with Crippen LogP contribution in [0, 0.1) is 0 Å². The fourth-order valence-corrected chi connectivity index (χ4v) is 20.2. The molecule has 6 nitrogen and oxygen atoms in total. The highest BCUT2D eigenvalue weighted by Gasteiger charge is 2.23. The lowest BCUT2D eigenvalue weighted by Crippen LogP contribution is -1.93. The SMILES string of the molecule is c1cc(-c2c3ccc4ccccc4c3nc3c2ccc2ccccc23)cc(-c2cccc3cccnc23)c1.c1cc(-c2cccc(-c3c4ccc5ccccc5c4nc4c3ccc3ccccc34)c2)cc(-c2c3ccc4ccccc4c3nc3c2ccc2ccccc23)c1.c1cc(-c2ccncc2)cc(-c2c3ccc4ccccc4c3nc3c2ccc2ccccc23)c1. The molecule has 6 heterocycles. The topological polar surface area (TPSA) is 77.3 Å². The molecule has 0 aliphatic rings. The first-order valence-electron chi connectivity index (χ1n) is 43.7. The third-order valence-electron chi connectivity index (χ3n) is 26.1. The Hall–Kier alpha value is -17.1. The number of pyridine rings is 6. The second kappa shape index (κ2) is 30.5. The van der Waals surface area contributed by atoms with Gasteiger partial charge in [0.15, 0.2) is 0 Å². The van der Waals surface area contributed by atoms with Gasteiger partial charge in [-0.15, -0.1) is 0 Å². The van der Waals surface area contributed by atoms with E-state index in [0.717, 1.165) is 93.3 Å². The fraction of sp³-hybridized carbons (Fsp3) is 0. The number of fused-ring (bicyclic) bond motifs is 25. The maximum absolute atomic E-state index is 5.43. The summed E-state index contributed by atoms with van der Waals surface area (Å²) in [7, 11) is 0.